The number of amides is 1. The largest absolute Gasteiger partial charge is 0.487 e. The molecule has 2 atom stereocenters. The second-order valence-corrected chi connectivity index (χ2v) is 8.31. The number of pyridine rings is 1. The molecule has 1 aromatic carbocycles. The Bertz CT molecular complexity index is 807. The Balaban J connectivity index is 1.39. The number of aromatic nitrogens is 1. The lowest BCUT2D eigenvalue weighted by Gasteiger charge is -2.45. The minimum absolute atomic E-state index is 0.0104. The molecule has 28 heavy (non-hydrogen) atoms. The summed E-state index contributed by atoms with van der Waals surface area (Å²) in [4.78, 5) is 17.1. The molecule has 0 radical (unpaired) electrons. The van der Waals surface area contributed by atoms with E-state index in [4.69, 9.17) is 10.5 Å². The van der Waals surface area contributed by atoms with Crippen LogP contribution in [0.4, 0.5) is 0 Å². The Morgan fingerprint density at radius 3 is 2.71 bits per heavy atom. The van der Waals surface area contributed by atoms with Crippen LogP contribution in [0.1, 0.15) is 53.7 Å². The van der Waals surface area contributed by atoms with Gasteiger partial charge in [-0.3, -0.25) is 9.78 Å². The van der Waals surface area contributed by atoms with Gasteiger partial charge >= 0.3 is 0 Å². The van der Waals surface area contributed by atoms with Crippen LogP contribution in [0.2, 0.25) is 0 Å². The fourth-order valence-electron chi connectivity index (χ4n) is 4.77. The maximum Gasteiger partial charge on any atom is 0.251 e. The number of carbonyl (C=O) groups excluding carboxylic acids is 1. The molecule has 5 nitrogen and oxygen atoms in total. The first kappa shape index (κ1) is 18.9. The van der Waals surface area contributed by atoms with Crippen LogP contribution < -0.4 is 15.8 Å². The van der Waals surface area contributed by atoms with E-state index in [2.05, 4.69) is 10.3 Å². The maximum absolute atomic E-state index is 12.9. The van der Waals surface area contributed by atoms with E-state index in [1.165, 1.54) is 19.3 Å². The SMILES string of the molecule is Cc1ccc(OCc2cccc(C(=O)NC3C4CCCC3CC(N)C4)c2)cn1. The number of benzene rings is 1. The zero-order valence-corrected chi connectivity index (χ0v) is 16.4. The van der Waals surface area contributed by atoms with E-state index < -0.39 is 0 Å². The van der Waals surface area contributed by atoms with Crippen molar-refractivity contribution in [2.24, 2.45) is 17.6 Å². The molecule has 1 amide bonds. The van der Waals surface area contributed by atoms with Gasteiger partial charge in [-0.25, -0.2) is 0 Å². The molecule has 2 fully saturated rings. The fourth-order valence-corrected chi connectivity index (χ4v) is 4.77. The van der Waals surface area contributed by atoms with Crippen molar-refractivity contribution in [1.29, 1.82) is 0 Å². The number of rotatable bonds is 5. The highest BCUT2D eigenvalue weighted by molar-refractivity contribution is 5.94. The quantitative estimate of drug-likeness (QED) is 0.832. The minimum Gasteiger partial charge on any atom is -0.487 e. The minimum atomic E-state index is 0.0104. The first-order valence-corrected chi connectivity index (χ1v) is 10.3. The van der Waals surface area contributed by atoms with E-state index in [0.717, 1.165) is 29.8 Å². The van der Waals surface area contributed by atoms with Crippen molar-refractivity contribution in [3.05, 3.63) is 59.4 Å². The van der Waals surface area contributed by atoms with Gasteiger partial charge in [0.15, 0.2) is 0 Å². The van der Waals surface area contributed by atoms with Crippen LogP contribution in [-0.4, -0.2) is 23.0 Å². The summed E-state index contributed by atoms with van der Waals surface area (Å²) in [5.41, 5.74) is 8.83. The van der Waals surface area contributed by atoms with Crippen LogP contribution in [0.5, 0.6) is 5.75 Å². The topological polar surface area (TPSA) is 77.2 Å². The number of ether oxygens (including phenoxy) is 1. The summed E-state index contributed by atoms with van der Waals surface area (Å²) in [6.07, 6.45) is 7.38. The van der Waals surface area contributed by atoms with Crippen molar-refractivity contribution in [3.63, 3.8) is 0 Å². The number of hydrogen-bond donors (Lipinski definition) is 2. The summed E-state index contributed by atoms with van der Waals surface area (Å²) in [5.74, 6) is 1.78. The van der Waals surface area contributed by atoms with Gasteiger partial charge in [0.2, 0.25) is 0 Å². The van der Waals surface area contributed by atoms with Gasteiger partial charge in [-0.15, -0.1) is 0 Å². The highest BCUT2D eigenvalue weighted by Gasteiger charge is 2.39. The molecule has 2 saturated carbocycles. The van der Waals surface area contributed by atoms with E-state index in [1.807, 2.05) is 43.3 Å². The molecule has 148 valence electrons. The van der Waals surface area contributed by atoms with Crippen LogP contribution in [0.25, 0.3) is 0 Å². The van der Waals surface area contributed by atoms with E-state index >= 15 is 0 Å². The number of carbonyl (C=O) groups is 1. The van der Waals surface area contributed by atoms with Crippen molar-refractivity contribution in [2.45, 2.75) is 57.7 Å². The Labute approximate surface area is 166 Å². The van der Waals surface area contributed by atoms with Gasteiger partial charge in [-0.05, 0) is 74.3 Å². The van der Waals surface area contributed by atoms with Gasteiger partial charge < -0.3 is 15.8 Å². The molecule has 1 aromatic heterocycles. The van der Waals surface area contributed by atoms with Gasteiger partial charge in [0, 0.05) is 23.3 Å². The van der Waals surface area contributed by atoms with Crippen LogP contribution in [0, 0.1) is 18.8 Å². The van der Waals surface area contributed by atoms with Crippen LogP contribution in [-0.2, 0) is 6.61 Å². The zero-order valence-electron chi connectivity index (χ0n) is 16.4. The summed E-state index contributed by atoms with van der Waals surface area (Å²) >= 11 is 0. The lowest BCUT2D eigenvalue weighted by atomic mass is 9.67. The lowest BCUT2D eigenvalue weighted by molar-refractivity contribution is 0.0756. The summed E-state index contributed by atoms with van der Waals surface area (Å²) in [6, 6.07) is 12.1. The Kier molecular flexibility index (Phi) is 5.62. The summed E-state index contributed by atoms with van der Waals surface area (Å²) in [5, 5.41) is 3.32. The second kappa shape index (κ2) is 8.31. The van der Waals surface area contributed by atoms with Crippen molar-refractivity contribution in [3.8, 4) is 5.75 Å². The summed E-state index contributed by atoms with van der Waals surface area (Å²) in [6.45, 7) is 2.36. The molecule has 0 aliphatic heterocycles. The smallest absolute Gasteiger partial charge is 0.251 e. The highest BCUT2D eigenvalue weighted by Crippen LogP contribution is 2.39. The van der Waals surface area contributed by atoms with Crippen molar-refractivity contribution in [1.82, 2.24) is 10.3 Å². The van der Waals surface area contributed by atoms with Crippen molar-refractivity contribution >= 4 is 5.91 Å². The highest BCUT2D eigenvalue weighted by atomic mass is 16.5. The molecule has 2 aliphatic carbocycles. The molecule has 2 aromatic rings. The lowest BCUT2D eigenvalue weighted by Crippen LogP contribution is -2.53. The molecule has 5 heteroatoms. The standard InChI is InChI=1S/C23H29N3O2/c1-15-8-9-21(13-25-15)28-14-16-4-2-7-19(10-16)23(27)26-22-17-5-3-6-18(22)12-20(24)11-17/h2,4,7-10,13,17-18,20,22H,3,5-6,11-12,14,24H2,1H3,(H,26,27). The third-order valence-electron chi connectivity index (χ3n) is 6.15. The number of nitrogens with two attached hydrogens (primary N) is 1. The van der Waals surface area contributed by atoms with Crippen LogP contribution >= 0.6 is 0 Å². The fraction of sp³-hybridized carbons (Fsp3) is 0.478. The molecule has 3 N–H and O–H groups in total. The zero-order chi connectivity index (χ0) is 19.5. The predicted molar refractivity (Wildman–Crippen MR) is 109 cm³/mol. The molecule has 2 aliphatic rings. The van der Waals surface area contributed by atoms with E-state index in [1.54, 1.807) is 6.20 Å². The molecule has 0 saturated heterocycles. The third kappa shape index (κ3) is 4.36. The first-order valence-electron chi connectivity index (χ1n) is 10.3. The Morgan fingerprint density at radius 1 is 1.21 bits per heavy atom. The van der Waals surface area contributed by atoms with Crippen LogP contribution in [0.15, 0.2) is 42.6 Å². The van der Waals surface area contributed by atoms with Crippen molar-refractivity contribution in [2.75, 3.05) is 0 Å². The molecule has 1 heterocycles. The average Bonchev–Trinajstić information content (AvgIpc) is 2.68. The maximum atomic E-state index is 12.9. The molecule has 2 bridgehead atoms. The van der Waals surface area contributed by atoms with E-state index in [0.29, 0.717) is 30.0 Å². The average molecular weight is 380 g/mol. The molecular weight excluding hydrogens is 350 g/mol. The Hall–Kier alpha value is -2.40. The van der Waals surface area contributed by atoms with Gasteiger partial charge in [0.05, 0.1) is 6.20 Å². The molecular formula is C23H29N3O2. The van der Waals surface area contributed by atoms with Gasteiger partial charge in [0.1, 0.15) is 12.4 Å². The number of nitrogens with one attached hydrogen (secondary N) is 1. The van der Waals surface area contributed by atoms with E-state index in [9.17, 15) is 4.79 Å². The second-order valence-electron chi connectivity index (χ2n) is 8.31. The first-order chi connectivity index (χ1) is 13.6. The normalized spacial score (nSPS) is 26.5. The monoisotopic (exact) mass is 379 g/mol. The number of nitrogens with zero attached hydrogens (tertiary/aromatic N) is 1. The van der Waals surface area contributed by atoms with Gasteiger partial charge in [0.25, 0.3) is 5.91 Å². The third-order valence-corrected chi connectivity index (χ3v) is 6.15. The summed E-state index contributed by atoms with van der Waals surface area (Å²) < 4.78 is 5.80. The van der Waals surface area contributed by atoms with Gasteiger partial charge in [-0.2, -0.15) is 0 Å². The number of aryl methyl sites for hydroxylation is 1. The predicted octanol–water partition coefficient (Wildman–Crippen LogP) is 3.60. The van der Waals surface area contributed by atoms with Crippen LogP contribution in [0.3, 0.4) is 0 Å². The molecule has 2 unspecified atom stereocenters. The van der Waals surface area contributed by atoms with Crippen molar-refractivity contribution < 1.29 is 9.53 Å². The Morgan fingerprint density at radius 2 is 2.00 bits per heavy atom. The van der Waals surface area contributed by atoms with E-state index in [-0.39, 0.29) is 11.9 Å². The van der Waals surface area contributed by atoms with Gasteiger partial charge in [-0.1, -0.05) is 18.6 Å². The number of fused-ring (bicyclic) bond motifs is 2. The molecule has 0 spiro atoms. The number of hydrogen-bond acceptors (Lipinski definition) is 4. The molecule has 4 rings (SSSR count). The summed E-state index contributed by atoms with van der Waals surface area (Å²) in [7, 11) is 0.